The van der Waals surface area contributed by atoms with Crippen LogP contribution < -0.4 is 4.74 Å². The van der Waals surface area contributed by atoms with E-state index in [-0.39, 0.29) is 6.10 Å². The van der Waals surface area contributed by atoms with Crippen LogP contribution in [0.4, 0.5) is 0 Å². The van der Waals surface area contributed by atoms with Crippen LogP contribution in [0, 0.1) is 0 Å². The summed E-state index contributed by atoms with van der Waals surface area (Å²) in [6.07, 6.45) is 3.36. The molecule has 0 radical (unpaired) electrons. The average Bonchev–Trinajstić information content (AvgIpc) is 2.85. The van der Waals surface area contributed by atoms with E-state index >= 15 is 0 Å². The molecule has 8 heteroatoms. The highest BCUT2D eigenvalue weighted by Gasteiger charge is 2.22. The molecule has 0 saturated carbocycles. The van der Waals surface area contributed by atoms with Gasteiger partial charge in [0.1, 0.15) is 12.7 Å². The molecule has 6 nitrogen and oxygen atoms in total. The van der Waals surface area contributed by atoms with E-state index < -0.39 is 0 Å². The molecule has 1 aliphatic heterocycles. The SMILES string of the molecule is Cn1cc(Cl)c(CN2CCOC(COc3ccc(Cl)cn3)C2)n1. The summed E-state index contributed by atoms with van der Waals surface area (Å²) in [6.45, 7) is 3.43. The van der Waals surface area contributed by atoms with E-state index in [1.54, 1.807) is 23.0 Å². The van der Waals surface area contributed by atoms with Crippen molar-refractivity contribution in [1.82, 2.24) is 19.7 Å². The lowest BCUT2D eigenvalue weighted by Crippen LogP contribution is -2.44. The first-order chi connectivity index (χ1) is 11.1. The molecule has 124 valence electrons. The lowest BCUT2D eigenvalue weighted by Gasteiger charge is -2.32. The number of aryl methyl sites for hydroxylation is 1. The Morgan fingerprint density at radius 3 is 2.96 bits per heavy atom. The molecule has 0 amide bonds. The lowest BCUT2D eigenvalue weighted by atomic mass is 10.2. The van der Waals surface area contributed by atoms with Crippen LogP contribution in [0.1, 0.15) is 5.69 Å². The number of hydrogen-bond acceptors (Lipinski definition) is 5. The van der Waals surface area contributed by atoms with E-state index in [9.17, 15) is 0 Å². The smallest absolute Gasteiger partial charge is 0.213 e. The third-order valence-electron chi connectivity index (χ3n) is 3.57. The Labute approximate surface area is 144 Å². The van der Waals surface area contributed by atoms with Crippen molar-refractivity contribution in [1.29, 1.82) is 0 Å². The van der Waals surface area contributed by atoms with Crippen molar-refractivity contribution in [2.75, 3.05) is 26.3 Å². The first-order valence-electron chi connectivity index (χ1n) is 7.36. The van der Waals surface area contributed by atoms with Crippen molar-refractivity contribution < 1.29 is 9.47 Å². The second-order valence-electron chi connectivity index (χ2n) is 5.45. The topological polar surface area (TPSA) is 52.4 Å². The highest BCUT2D eigenvalue weighted by molar-refractivity contribution is 6.31. The fraction of sp³-hybridized carbons (Fsp3) is 0.467. The van der Waals surface area contributed by atoms with Gasteiger partial charge in [0.25, 0.3) is 0 Å². The van der Waals surface area contributed by atoms with Crippen molar-refractivity contribution in [3.63, 3.8) is 0 Å². The Kier molecular flexibility index (Phi) is 5.38. The molecule has 0 aliphatic carbocycles. The third kappa shape index (κ3) is 4.57. The van der Waals surface area contributed by atoms with Crippen LogP contribution in [0.25, 0.3) is 0 Å². The molecule has 0 N–H and O–H groups in total. The van der Waals surface area contributed by atoms with Crippen LogP contribution >= 0.6 is 23.2 Å². The van der Waals surface area contributed by atoms with Crippen LogP contribution in [-0.2, 0) is 18.3 Å². The highest BCUT2D eigenvalue weighted by Crippen LogP contribution is 2.18. The van der Waals surface area contributed by atoms with Crippen LogP contribution in [-0.4, -0.2) is 52.1 Å². The average molecular weight is 357 g/mol. The molecule has 23 heavy (non-hydrogen) atoms. The quantitative estimate of drug-likeness (QED) is 0.823. The predicted molar refractivity (Wildman–Crippen MR) is 88.0 cm³/mol. The summed E-state index contributed by atoms with van der Waals surface area (Å²) in [5.41, 5.74) is 0.884. The number of aromatic nitrogens is 3. The molecule has 2 aromatic heterocycles. The molecule has 0 aromatic carbocycles. The van der Waals surface area contributed by atoms with E-state index in [1.165, 1.54) is 0 Å². The first kappa shape index (κ1) is 16.5. The Morgan fingerprint density at radius 1 is 1.39 bits per heavy atom. The molecule has 0 bridgehead atoms. The molecule has 0 spiro atoms. The van der Waals surface area contributed by atoms with Gasteiger partial charge in [-0.25, -0.2) is 4.98 Å². The molecular formula is C15H18Cl2N4O2. The number of rotatable bonds is 5. The van der Waals surface area contributed by atoms with Gasteiger partial charge >= 0.3 is 0 Å². The molecule has 1 aliphatic rings. The minimum absolute atomic E-state index is 0.0104. The van der Waals surface area contributed by atoms with E-state index in [0.29, 0.717) is 35.7 Å². The van der Waals surface area contributed by atoms with Crippen LogP contribution in [0.3, 0.4) is 0 Å². The van der Waals surface area contributed by atoms with Crippen molar-refractivity contribution >= 4 is 23.2 Å². The largest absolute Gasteiger partial charge is 0.475 e. The van der Waals surface area contributed by atoms with E-state index in [4.69, 9.17) is 32.7 Å². The molecule has 3 heterocycles. The monoisotopic (exact) mass is 356 g/mol. The molecule has 1 atom stereocenters. The minimum Gasteiger partial charge on any atom is -0.475 e. The van der Waals surface area contributed by atoms with Gasteiger partial charge in [-0.15, -0.1) is 0 Å². The zero-order valence-corrected chi connectivity index (χ0v) is 14.3. The summed E-state index contributed by atoms with van der Waals surface area (Å²) in [4.78, 5) is 6.38. The molecule has 1 unspecified atom stereocenters. The maximum absolute atomic E-state index is 6.17. The number of halogens is 2. The highest BCUT2D eigenvalue weighted by atomic mass is 35.5. The number of pyridine rings is 1. The standard InChI is InChI=1S/C15H18Cl2N4O2/c1-20-8-13(17)14(19-20)9-21-4-5-22-12(7-21)10-23-15-3-2-11(16)6-18-15/h2-3,6,8,12H,4-5,7,9-10H2,1H3. The summed E-state index contributed by atoms with van der Waals surface area (Å²) < 4.78 is 13.1. The van der Waals surface area contributed by atoms with Crippen LogP contribution in [0.5, 0.6) is 5.88 Å². The van der Waals surface area contributed by atoms with Gasteiger partial charge in [0.05, 0.1) is 22.3 Å². The van der Waals surface area contributed by atoms with Gasteiger partial charge in [0.2, 0.25) is 5.88 Å². The fourth-order valence-corrected chi connectivity index (χ4v) is 2.83. The van der Waals surface area contributed by atoms with E-state index in [2.05, 4.69) is 15.0 Å². The van der Waals surface area contributed by atoms with Crippen molar-refractivity contribution in [3.05, 3.63) is 40.3 Å². The third-order valence-corrected chi connectivity index (χ3v) is 4.11. The number of ether oxygens (including phenoxy) is 2. The fourth-order valence-electron chi connectivity index (χ4n) is 2.48. The van der Waals surface area contributed by atoms with Crippen LogP contribution in [0.15, 0.2) is 24.5 Å². The van der Waals surface area contributed by atoms with Crippen molar-refractivity contribution in [2.24, 2.45) is 7.05 Å². The minimum atomic E-state index is -0.0104. The van der Waals surface area contributed by atoms with Gasteiger partial charge in [0, 0.05) is 45.1 Å². The summed E-state index contributed by atoms with van der Waals surface area (Å²) in [5, 5.41) is 5.66. The van der Waals surface area contributed by atoms with Gasteiger partial charge in [0.15, 0.2) is 0 Å². The zero-order valence-electron chi connectivity index (χ0n) is 12.8. The molecule has 3 rings (SSSR count). The number of hydrogen-bond donors (Lipinski definition) is 0. The van der Waals surface area contributed by atoms with Gasteiger partial charge in [-0.1, -0.05) is 23.2 Å². The van der Waals surface area contributed by atoms with Crippen LogP contribution in [0.2, 0.25) is 10.0 Å². The van der Waals surface area contributed by atoms with E-state index in [1.807, 2.05) is 13.2 Å². The van der Waals surface area contributed by atoms with Gasteiger partial charge in [-0.2, -0.15) is 5.10 Å². The maximum atomic E-state index is 6.17. The summed E-state index contributed by atoms with van der Waals surface area (Å²) in [7, 11) is 1.87. The Bertz CT molecular complexity index is 647. The Balaban J connectivity index is 1.51. The Morgan fingerprint density at radius 2 is 2.26 bits per heavy atom. The van der Waals surface area contributed by atoms with Crippen molar-refractivity contribution in [2.45, 2.75) is 12.6 Å². The number of nitrogens with zero attached hydrogens (tertiary/aromatic N) is 4. The lowest BCUT2D eigenvalue weighted by molar-refractivity contribution is -0.0513. The molecule has 1 saturated heterocycles. The second kappa shape index (κ2) is 7.49. The first-order valence-corrected chi connectivity index (χ1v) is 8.12. The van der Waals surface area contributed by atoms with Gasteiger partial charge in [-0.05, 0) is 6.07 Å². The normalized spacial score (nSPS) is 19.0. The number of morpholine rings is 1. The molecule has 1 fully saturated rings. The van der Waals surface area contributed by atoms with Crippen molar-refractivity contribution in [3.8, 4) is 5.88 Å². The predicted octanol–water partition coefficient (Wildman–Crippen LogP) is 2.40. The maximum Gasteiger partial charge on any atom is 0.213 e. The van der Waals surface area contributed by atoms with Gasteiger partial charge < -0.3 is 9.47 Å². The summed E-state index contributed by atoms with van der Waals surface area (Å²) in [6, 6.07) is 3.50. The second-order valence-corrected chi connectivity index (χ2v) is 6.29. The molecular weight excluding hydrogens is 339 g/mol. The Hall–Kier alpha value is -1.34. The van der Waals surface area contributed by atoms with Gasteiger partial charge in [-0.3, -0.25) is 9.58 Å². The summed E-state index contributed by atoms with van der Waals surface area (Å²) in [5.74, 6) is 0.544. The summed E-state index contributed by atoms with van der Waals surface area (Å²) >= 11 is 12.0. The zero-order chi connectivity index (χ0) is 16.2. The molecule has 2 aromatic rings. The van der Waals surface area contributed by atoms with E-state index in [0.717, 1.165) is 18.8 Å².